The van der Waals surface area contributed by atoms with Crippen LogP contribution in [0.25, 0.3) is 5.65 Å². The summed E-state index contributed by atoms with van der Waals surface area (Å²) in [4.78, 5) is 16.5. The number of amides is 1. The number of aliphatic hydroxyl groups is 1. The minimum absolute atomic E-state index is 0.122. The van der Waals surface area contributed by atoms with Gasteiger partial charge in [-0.25, -0.2) is 4.98 Å². The number of fused-ring (bicyclic) bond motifs is 1. The average Bonchev–Trinajstić information content (AvgIpc) is 3.06. The topological polar surface area (TPSA) is 66.6 Å². The summed E-state index contributed by atoms with van der Waals surface area (Å²) in [6.45, 7) is 0.721. The maximum Gasteiger partial charge on any atom is 0.220 e. The first-order valence-corrected chi connectivity index (χ1v) is 10.8. The maximum atomic E-state index is 11.9. The molecule has 2 atom stereocenters. The molecule has 1 aliphatic rings. The van der Waals surface area contributed by atoms with Crippen LogP contribution in [-0.2, 0) is 10.5 Å². The molecule has 5 nitrogen and oxygen atoms in total. The summed E-state index contributed by atoms with van der Waals surface area (Å²) >= 11 is 1.74. The monoisotopic (exact) mass is 375 g/mol. The molecule has 1 fully saturated rings. The van der Waals surface area contributed by atoms with Crippen molar-refractivity contribution in [3.63, 3.8) is 0 Å². The van der Waals surface area contributed by atoms with Crippen molar-refractivity contribution in [1.82, 2.24) is 14.7 Å². The number of rotatable bonds is 9. The third kappa shape index (κ3) is 5.74. The standard InChI is InChI=1S/C20H29N3O2S/c24-18-8-2-1-6-16(18)7-5-11-21-20(25)10-13-26-15-17-14-23-12-4-3-9-19(23)22-17/h3-4,9,12,14,16,18,24H,1-2,5-8,10-11,13,15H2,(H,21,25)/t16-,18-/m1/s1. The van der Waals surface area contributed by atoms with Crippen LogP contribution in [0.4, 0.5) is 0 Å². The Hall–Kier alpha value is -1.53. The van der Waals surface area contributed by atoms with Gasteiger partial charge in [0.1, 0.15) is 5.65 Å². The molecule has 0 unspecified atom stereocenters. The van der Waals surface area contributed by atoms with Gasteiger partial charge in [-0.15, -0.1) is 0 Å². The summed E-state index contributed by atoms with van der Waals surface area (Å²) in [6.07, 6.45) is 10.9. The molecule has 0 radical (unpaired) electrons. The van der Waals surface area contributed by atoms with Crippen molar-refractivity contribution in [2.24, 2.45) is 5.92 Å². The van der Waals surface area contributed by atoms with Gasteiger partial charge in [-0.3, -0.25) is 4.79 Å². The highest BCUT2D eigenvalue weighted by atomic mass is 32.2. The van der Waals surface area contributed by atoms with Crippen molar-refractivity contribution in [1.29, 1.82) is 0 Å². The number of nitrogens with zero attached hydrogens (tertiary/aromatic N) is 2. The molecule has 2 N–H and O–H groups in total. The van der Waals surface area contributed by atoms with Crippen LogP contribution in [0, 0.1) is 5.92 Å². The van der Waals surface area contributed by atoms with Crippen LogP contribution in [0.3, 0.4) is 0 Å². The molecule has 1 amide bonds. The van der Waals surface area contributed by atoms with Crippen LogP contribution in [0.15, 0.2) is 30.6 Å². The minimum atomic E-state index is -0.129. The molecule has 0 bridgehead atoms. The van der Waals surface area contributed by atoms with E-state index in [0.29, 0.717) is 12.3 Å². The minimum Gasteiger partial charge on any atom is -0.393 e. The van der Waals surface area contributed by atoms with E-state index in [-0.39, 0.29) is 12.0 Å². The van der Waals surface area contributed by atoms with Gasteiger partial charge in [0.05, 0.1) is 11.8 Å². The van der Waals surface area contributed by atoms with Gasteiger partial charge in [0.2, 0.25) is 5.91 Å². The number of carbonyl (C=O) groups excluding carboxylic acids is 1. The van der Waals surface area contributed by atoms with E-state index in [0.717, 1.165) is 61.5 Å². The fourth-order valence-corrected chi connectivity index (χ4v) is 4.43. The summed E-state index contributed by atoms with van der Waals surface area (Å²) in [5.74, 6) is 2.19. The van der Waals surface area contributed by atoms with Crippen LogP contribution in [0.5, 0.6) is 0 Å². The first-order valence-electron chi connectivity index (χ1n) is 9.67. The number of aromatic nitrogens is 2. The second kappa shape index (κ2) is 9.97. The Morgan fingerprint density at radius 2 is 2.23 bits per heavy atom. The first-order chi connectivity index (χ1) is 12.7. The van der Waals surface area contributed by atoms with Crippen LogP contribution >= 0.6 is 11.8 Å². The van der Waals surface area contributed by atoms with Crippen molar-refractivity contribution in [2.75, 3.05) is 12.3 Å². The van der Waals surface area contributed by atoms with Gasteiger partial charge in [-0.2, -0.15) is 11.8 Å². The van der Waals surface area contributed by atoms with Gasteiger partial charge in [-0.1, -0.05) is 18.9 Å². The highest BCUT2D eigenvalue weighted by molar-refractivity contribution is 7.98. The molecule has 6 heteroatoms. The van der Waals surface area contributed by atoms with Crippen molar-refractivity contribution in [2.45, 2.75) is 56.8 Å². The smallest absolute Gasteiger partial charge is 0.220 e. The van der Waals surface area contributed by atoms with Crippen molar-refractivity contribution < 1.29 is 9.90 Å². The number of pyridine rings is 1. The third-order valence-corrected chi connectivity index (χ3v) is 6.07. The van der Waals surface area contributed by atoms with Crippen LogP contribution in [0.1, 0.15) is 50.6 Å². The zero-order valence-electron chi connectivity index (χ0n) is 15.3. The lowest BCUT2D eigenvalue weighted by molar-refractivity contribution is -0.120. The van der Waals surface area contributed by atoms with E-state index >= 15 is 0 Å². The molecule has 0 aliphatic heterocycles. The summed E-state index contributed by atoms with van der Waals surface area (Å²) in [7, 11) is 0. The largest absolute Gasteiger partial charge is 0.393 e. The van der Waals surface area contributed by atoms with Crippen LogP contribution in [-0.4, -0.2) is 38.8 Å². The van der Waals surface area contributed by atoms with E-state index in [2.05, 4.69) is 10.3 Å². The number of nitrogens with one attached hydrogen (secondary N) is 1. The Bertz CT molecular complexity index is 670. The second-order valence-corrected chi connectivity index (χ2v) is 8.21. The number of imidazole rings is 1. The predicted molar refractivity (Wildman–Crippen MR) is 106 cm³/mol. The number of aliphatic hydroxyl groups excluding tert-OH is 1. The van der Waals surface area contributed by atoms with E-state index in [4.69, 9.17) is 0 Å². The Kier molecular flexibility index (Phi) is 7.38. The Morgan fingerprint density at radius 3 is 3.08 bits per heavy atom. The predicted octanol–water partition coefficient (Wildman–Crippen LogP) is 3.41. The Morgan fingerprint density at radius 1 is 1.35 bits per heavy atom. The van der Waals surface area contributed by atoms with E-state index < -0.39 is 0 Å². The number of thioether (sulfide) groups is 1. The highest BCUT2D eigenvalue weighted by Crippen LogP contribution is 2.27. The molecule has 2 heterocycles. The van der Waals surface area contributed by atoms with Crippen molar-refractivity contribution in [3.8, 4) is 0 Å². The number of hydrogen-bond acceptors (Lipinski definition) is 4. The molecule has 26 heavy (non-hydrogen) atoms. The fraction of sp³-hybridized carbons (Fsp3) is 0.600. The van der Waals surface area contributed by atoms with Gasteiger partial charge < -0.3 is 14.8 Å². The summed E-state index contributed by atoms with van der Waals surface area (Å²) in [5, 5.41) is 13.0. The molecule has 2 aromatic rings. The van der Waals surface area contributed by atoms with Crippen LogP contribution < -0.4 is 5.32 Å². The van der Waals surface area contributed by atoms with E-state index in [9.17, 15) is 9.90 Å². The summed E-state index contributed by atoms with van der Waals surface area (Å²) < 4.78 is 2.02. The molecule has 3 rings (SSSR count). The molecule has 1 saturated carbocycles. The third-order valence-electron chi connectivity index (χ3n) is 5.08. The lowest BCUT2D eigenvalue weighted by atomic mass is 9.83. The van der Waals surface area contributed by atoms with Gasteiger partial charge in [0, 0.05) is 36.9 Å². The van der Waals surface area contributed by atoms with Gasteiger partial charge in [0.15, 0.2) is 0 Å². The zero-order valence-corrected chi connectivity index (χ0v) is 16.1. The average molecular weight is 376 g/mol. The molecule has 0 saturated heterocycles. The normalized spacial score (nSPS) is 20.3. The summed E-state index contributed by atoms with van der Waals surface area (Å²) in [5.41, 5.74) is 2.01. The van der Waals surface area contributed by atoms with Crippen LogP contribution in [0.2, 0.25) is 0 Å². The number of carbonyl (C=O) groups is 1. The van der Waals surface area contributed by atoms with E-state index in [1.807, 2.05) is 35.0 Å². The lowest BCUT2D eigenvalue weighted by Gasteiger charge is -2.27. The molecule has 2 aromatic heterocycles. The molecule has 0 aromatic carbocycles. The van der Waals surface area contributed by atoms with Gasteiger partial charge in [0.25, 0.3) is 0 Å². The Labute approximate surface area is 159 Å². The molecular weight excluding hydrogens is 346 g/mol. The van der Waals surface area contributed by atoms with Gasteiger partial charge in [-0.05, 0) is 43.7 Å². The fourth-order valence-electron chi connectivity index (χ4n) is 3.60. The van der Waals surface area contributed by atoms with E-state index in [1.54, 1.807) is 11.8 Å². The molecule has 1 aliphatic carbocycles. The van der Waals surface area contributed by atoms with E-state index in [1.165, 1.54) is 6.42 Å². The van der Waals surface area contributed by atoms with Crippen molar-refractivity contribution >= 4 is 23.3 Å². The Balaban J connectivity index is 1.25. The lowest BCUT2D eigenvalue weighted by Crippen LogP contribution is -2.28. The van der Waals surface area contributed by atoms with Gasteiger partial charge >= 0.3 is 0 Å². The maximum absolute atomic E-state index is 11.9. The first kappa shape index (κ1) is 19.2. The molecule has 0 spiro atoms. The molecule has 142 valence electrons. The number of hydrogen-bond donors (Lipinski definition) is 2. The second-order valence-electron chi connectivity index (χ2n) is 7.10. The van der Waals surface area contributed by atoms with Crippen molar-refractivity contribution in [3.05, 3.63) is 36.3 Å². The summed E-state index contributed by atoms with van der Waals surface area (Å²) in [6, 6.07) is 5.97. The zero-order chi connectivity index (χ0) is 18.2. The highest BCUT2D eigenvalue weighted by Gasteiger charge is 2.22. The molecular formula is C20H29N3O2S. The quantitative estimate of drug-likeness (QED) is 0.659. The SMILES string of the molecule is O=C(CCSCc1cn2ccccc2n1)NCCC[C@H]1CCCC[C@H]1O.